The number of rotatable bonds is 6. The van der Waals surface area contributed by atoms with Gasteiger partial charge in [0.05, 0.1) is 11.1 Å². The number of thiazole rings is 1. The molecule has 31 heavy (non-hydrogen) atoms. The van der Waals surface area contributed by atoms with Crippen molar-refractivity contribution in [2.45, 2.75) is 19.8 Å². The molecule has 1 aliphatic heterocycles. The molecule has 0 spiro atoms. The van der Waals surface area contributed by atoms with Gasteiger partial charge in [-0.25, -0.2) is 0 Å². The molecule has 0 fully saturated rings. The van der Waals surface area contributed by atoms with Crippen LogP contribution < -0.4 is 19.6 Å². The topological polar surface area (TPSA) is 65.7 Å². The normalized spacial score (nSPS) is 13.7. The molecular formula is C24H21N3O3S. The van der Waals surface area contributed by atoms with Gasteiger partial charge in [0.15, 0.2) is 5.82 Å². The SMILES string of the molecule is CCCCOc1ccc(-c2nc3s/c(=C/C4=Cc5ccccc5OC4)c(=O)n3n2)cc1. The number of unbranched alkanes of at least 4 members (excludes halogenated alkanes) is 1. The second-order valence-electron chi connectivity index (χ2n) is 7.32. The Morgan fingerprint density at radius 3 is 2.84 bits per heavy atom. The summed E-state index contributed by atoms with van der Waals surface area (Å²) >= 11 is 1.33. The van der Waals surface area contributed by atoms with Crippen molar-refractivity contribution < 1.29 is 9.47 Å². The summed E-state index contributed by atoms with van der Waals surface area (Å²) in [6, 6.07) is 15.5. The summed E-state index contributed by atoms with van der Waals surface area (Å²) < 4.78 is 13.4. The van der Waals surface area contributed by atoms with Crippen LogP contribution in [0.2, 0.25) is 0 Å². The number of hydrogen-bond donors (Lipinski definition) is 0. The zero-order valence-electron chi connectivity index (χ0n) is 17.1. The van der Waals surface area contributed by atoms with Crippen LogP contribution in [0.4, 0.5) is 0 Å². The molecule has 6 nitrogen and oxygen atoms in total. The molecule has 1 aliphatic rings. The second-order valence-corrected chi connectivity index (χ2v) is 8.33. The average Bonchev–Trinajstić information content (AvgIpc) is 3.34. The maximum Gasteiger partial charge on any atom is 0.291 e. The summed E-state index contributed by atoms with van der Waals surface area (Å²) in [4.78, 5) is 18.0. The molecule has 5 rings (SSSR count). The summed E-state index contributed by atoms with van der Waals surface area (Å²) in [7, 11) is 0. The Bertz CT molecular complexity index is 1370. The van der Waals surface area contributed by atoms with E-state index < -0.39 is 0 Å². The van der Waals surface area contributed by atoms with Crippen molar-refractivity contribution in [3.05, 3.63) is 74.6 Å². The minimum atomic E-state index is -0.168. The van der Waals surface area contributed by atoms with Gasteiger partial charge in [0.2, 0.25) is 4.96 Å². The fourth-order valence-electron chi connectivity index (χ4n) is 3.38. The van der Waals surface area contributed by atoms with Crippen LogP contribution in [-0.4, -0.2) is 27.8 Å². The fourth-order valence-corrected chi connectivity index (χ4v) is 4.30. The highest BCUT2D eigenvalue weighted by molar-refractivity contribution is 7.15. The lowest BCUT2D eigenvalue weighted by Gasteiger charge is -2.15. The third-order valence-corrected chi connectivity index (χ3v) is 5.99. The monoisotopic (exact) mass is 431 g/mol. The first-order valence-electron chi connectivity index (χ1n) is 10.3. The summed E-state index contributed by atoms with van der Waals surface area (Å²) in [5.41, 5.74) is 2.64. The smallest absolute Gasteiger partial charge is 0.291 e. The predicted molar refractivity (Wildman–Crippen MR) is 123 cm³/mol. The van der Waals surface area contributed by atoms with Gasteiger partial charge in [0.1, 0.15) is 18.1 Å². The molecule has 0 saturated heterocycles. The van der Waals surface area contributed by atoms with Gasteiger partial charge in [-0.05, 0) is 54.5 Å². The Kier molecular flexibility index (Phi) is 5.26. The van der Waals surface area contributed by atoms with E-state index in [2.05, 4.69) is 17.0 Å². The number of ether oxygens (including phenoxy) is 2. The highest BCUT2D eigenvalue weighted by atomic mass is 32.1. The van der Waals surface area contributed by atoms with Gasteiger partial charge in [-0.15, -0.1) is 5.10 Å². The van der Waals surface area contributed by atoms with Crippen molar-refractivity contribution in [3.63, 3.8) is 0 Å². The lowest BCUT2D eigenvalue weighted by atomic mass is 10.1. The second kappa shape index (κ2) is 8.35. The summed E-state index contributed by atoms with van der Waals surface area (Å²) in [5.74, 6) is 2.21. The molecule has 0 atom stereocenters. The van der Waals surface area contributed by atoms with Gasteiger partial charge in [-0.1, -0.05) is 42.9 Å². The van der Waals surface area contributed by atoms with Crippen LogP contribution in [0.5, 0.6) is 11.5 Å². The van der Waals surface area contributed by atoms with E-state index in [0.717, 1.165) is 41.0 Å². The largest absolute Gasteiger partial charge is 0.494 e. The summed E-state index contributed by atoms with van der Waals surface area (Å²) in [6.45, 7) is 3.27. The minimum Gasteiger partial charge on any atom is -0.494 e. The van der Waals surface area contributed by atoms with Crippen LogP contribution >= 0.6 is 11.3 Å². The molecule has 0 radical (unpaired) electrons. The van der Waals surface area contributed by atoms with E-state index in [1.807, 2.05) is 60.7 Å². The van der Waals surface area contributed by atoms with Crippen LogP contribution in [0.25, 0.3) is 28.5 Å². The predicted octanol–water partition coefficient (Wildman–Crippen LogP) is 3.97. The van der Waals surface area contributed by atoms with Gasteiger partial charge in [0, 0.05) is 11.1 Å². The maximum atomic E-state index is 12.8. The van der Waals surface area contributed by atoms with Crippen LogP contribution in [0.15, 0.2) is 58.9 Å². The van der Waals surface area contributed by atoms with E-state index in [0.29, 0.717) is 28.5 Å². The molecule has 0 bridgehead atoms. The molecule has 7 heteroatoms. The van der Waals surface area contributed by atoms with Gasteiger partial charge in [0.25, 0.3) is 5.56 Å². The number of para-hydroxylation sites is 1. The Hall–Kier alpha value is -3.45. The van der Waals surface area contributed by atoms with Crippen molar-refractivity contribution in [2.24, 2.45) is 0 Å². The van der Waals surface area contributed by atoms with Crippen molar-refractivity contribution in [1.29, 1.82) is 0 Å². The molecule has 0 aliphatic carbocycles. The van der Waals surface area contributed by atoms with E-state index in [1.54, 1.807) is 0 Å². The van der Waals surface area contributed by atoms with Crippen LogP contribution in [-0.2, 0) is 0 Å². The Morgan fingerprint density at radius 2 is 2.03 bits per heavy atom. The van der Waals surface area contributed by atoms with Gasteiger partial charge >= 0.3 is 0 Å². The number of nitrogens with zero attached hydrogens (tertiary/aromatic N) is 3. The molecule has 0 N–H and O–H groups in total. The van der Waals surface area contributed by atoms with Gasteiger partial charge < -0.3 is 9.47 Å². The number of aromatic nitrogens is 3. The first-order valence-corrected chi connectivity index (χ1v) is 11.1. The molecule has 156 valence electrons. The number of benzene rings is 2. The van der Waals surface area contributed by atoms with Crippen molar-refractivity contribution in [2.75, 3.05) is 13.2 Å². The average molecular weight is 432 g/mol. The van der Waals surface area contributed by atoms with Gasteiger partial charge in [-0.2, -0.15) is 9.50 Å². The van der Waals surface area contributed by atoms with Crippen molar-refractivity contribution >= 4 is 28.4 Å². The Labute approximate surface area is 183 Å². The van der Waals surface area contributed by atoms with E-state index in [-0.39, 0.29) is 5.56 Å². The standard InChI is InChI=1S/C24H21N3O3S/c1-2-3-12-29-19-10-8-17(9-11-19)22-25-24-27(26-22)23(28)21(31-24)14-16-13-18-6-4-5-7-20(18)30-15-16/h4-11,13-14H,2-3,12,15H2,1H3/b21-14+. The molecule has 0 saturated carbocycles. The molecule has 3 heterocycles. The van der Waals surface area contributed by atoms with E-state index >= 15 is 0 Å². The Morgan fingerprint density at radius 1 is 1.19 bits per heavy atom. The molecular weight excluding hydrogens is 410 g/mol. The lowest BCUT2D eigenvalue weighted by Crippen LogP contribution is -2.24. The molecule has 2 aromatic heterocycles. The molecule has 2 aromatic carbocycles. The van der Waals surface area contributed by atoms with Gasteiger partial charge in [-0.3, -0.25) is 4.79 Å². The third kappa shape index (κ3) is 3.96. The fraction of sp³-hybridized carbons (Fsp3) is 0.208. The summed E-state index contributed by atoms with van der Waals surface area (Å²) in [5, 5.41) is 4.43. The van der Waals surface area contributed by atoms with Crippen molar-refractivity contribution in [1.82, 2.24) is 14.6 Å². The van der Waals surface area contributed by atoms with Crippen LogP contribution in [0, 0.1) is 0 Å². The zero-order chi connectivity index (χ0) is 21.2. The van der Waals surface area contributed by atoms with Crippen LogP contribution in [0.1, 0.15) is 25.3 Å². The van der Waals surface area contributed by atoms with Crippen LogP contribution in [0.3, 0.4) is 0 Å². The van der Waals surface area contributed by atoms with E-state index in [4.69, 9.17) is 9.47 Å². The van der Waals surface area contributed by atoms with E-state index in [9.17, 15) is 4.79 Å². The first kappa shape index (κ1) is 19.5. The summed E-state index contributed by atoms with van der Waals surface area (Å²) in [6.07, 6.45) is 6.04. The number of fused-ring (bicyclic) bond motifs is 2. The van der Waals surface area contributed by atoms with Crippen molar-refractivity contribution in [3.8, 4) is 22.9 Å². The first-order chi connectivity index (χ1) is 15.2. The molecule has 0 amide bonds. The quantitative estimate of drug-likeness (QED) is 0.432. The highest BCUT2D eigenvalue weighted by Crippen LogP contribution is 2.26. The maximum absolute atomic E-state index is 12.8. The molecule has 0 unspecified atom stereocenters. The lowest BCUT2D eigenvalue weighted by molar-refractivity contribution is 0.309. The minimum absolute atomic E-state index is 0.168. The third-order valence-electron chi connectivity index (χ3n) is 5.03. The number of hydrogen-bond acceptors (Lipinski definition) is 6. The molecule has 4 aromatic rings. The highest BCUT2D eigenvalue weighted by Gasteiger charge is 2.14. The zero-order valence-corrected chi connectivity index (χ0v) is 17.9. The Balaban J connectivity index is 1.41. The van der Waals surface area contributed by atoms with E-state index in [1.165, 1.54) is 15.9 Å².